The van der Waals surface area contributed by atoms with Crippen LogP contribution < -0.4 is 4.57 Å². The molecule has 0 aliphatic heterocycles. The lowest BCUT2D eigenvalue weighted by Gasteiger charge is -2.05. The topological polar surface area (TPSA) is 20.9 Å². The normalized spacial score (nSPS) is 16.9. The lowest BCUT2D eigenvalue weighted by Crippen LogP contribution is -2.32. The quantitative estimate of drug-likeness (QED) is 0.592. The summed E-state index contributed by atoms with van der Waals surface area (Å²) < 4.78 is 2.01. The molecule has 0 saturated heterocycles. The Morgan fingerprint density at radius 2 is 1.85 bits per heavy atom. The van der Waals surface area contributed by atoms with E-state index in [1.807, 2.05) is 35.2 Å². The monoisotopic (exact) mass is 174 g/mol. The Balaban J connectivity index is 2.31. The molecule has 1 aromatic rings. The summed E-state index contributed by atoms with van der Waals surface area (Å²) in [6.07, 6.45) is 8.39. The minimum atomic E-state index is 0.248. The van der Waals surface area contributed by atoms with Crippen LogP contribution in [0.4, 0.5) is 0 Å². The number of rotatable bonds is 1. The second kappa shape index (κ2) is 3.52. The average molecular weight is 174 g/mol. The van der Waals surface area contributed by atoms with Crippen molar-refractivity contribution >= 4 is 11.5 Å². The van der Waals surface area contributed by atoms with Crippen molar-refractivity contribution in [1.29, 1.82) is 0 Å². The highest BCUT2D eigenvalue weighted by molar-refractivity contribution is 5.94. The van der Waals surface area contributed by atoms with Crippen molar-refractivity contribution in [3.8, 4) is 0 Å². The Morgan fingerprint density at radius 3 is 2.54 bits per heavy atom. The molecule has 0 spiro atoms. The van der Waals surface area contributed by atoms with Crippen molar-refractivity contribution in [2.75, 3.05) is 0 Å². The summed E-state index contributed by atoms with van der Waals surface area (Å²) in [7, 11) is 0. The van der Waals surface area contributed by atoms with Crippen molar-refractivity contribution in [3.63, 3.8) is 0 Å². The molecule has 1 heterocycles. The highest BCUT2D eigenvalue weighted by Gasteiger charge is 2.16. The number of ketones is 1. The molecular formula is C11H12NO+. The molecule has 2 rings (SSSR count). The summed E-state index contributed by atoms with van der Waals surface area (Å²) in [5.41, 5.74) is 1.11. The van der Waals surface area contributed by atoms with Gasteiger partial charge in [0.25, 0.3) is 0 Å². The summed E-state index contributed by atoms with van der Waals surface area (Å²) in [4.78, 5) is 11.2. The lowest BCUT2D eigenvalue weighted by atomic mass is 10.0. The molecule has 0 unspecified atom stereocenters. The van der Waals surface area contributed by atoms with Crippen LogP contribution in [0.15, 0.2) is 36.7 Å². The first kappa shape index (κ1) is 8.17. The van der Waals surface area contributed by atoms with E-state index in [9.17, 15) is 4.79 Å². The van der Waals surface area contributed by atoms with Crippen LogP contribution in [-0.4, -0.2) is 5.78 Å². The summed E-state index contributed by atoms with van der Waals surface area (Å²) >= 11 is 0. The Hall–Kier alpha value is -1.44. The predicted octanol–water partition coefficient (Wildman–Crippen LogP) is 1.57. The molecule has 0 atom stereocenters. The third-order valence-corrected chi connectivity index (χ3v) is 2.23. The number of hydrogen-bond acceptors (Lipinski definition) is 1. The maximum Gasteiger partial charge on any atom is 0.190 e. The molecule has 1 aliphatic carbocycles. The summed E-state index contributed by atoms with van der Waals surface area (Å²) in [6, 6.07) is 5.92. The molecular weight excluding hydrogens is 162 g/mol. The minimum absolute atomic E-state index is 0.248. The predicted molar refractivity (Wildman–Crippen MR) is 49.8 cm³/mol. The van der Waals surface area contributed by atoms with Crippen molar-refractivity contribution in [3.05, 3.63) is 36.7 Å². The number of pyridine rings is 1. The van der Waals surface area contributed by atoms with E-state index in [1.165, 1.54) is 0 Å². The first-order chi connectivity index (χ1) is 6.36. The van der Waals surface area contributed by atoms with Gasteiger partial charge in [-0.05, 0) is 6.42 Å². The van der Waals surface area contributed by atoms with Gasteiger partial charge in [0.1, 0.15) is 0 Å². The third-order valence-electron chi connectivity index (χ3n) is 2.23. The molecule has 2 nitrogen and oxygen atoms in total. The van der Waals surface area contributed by atoms with E-state index in [4.69, 9.17) is 0 Å². The number of nitrogens with zero attached hydrogens (tertiary/aromatic N) is 1. The van der Waals surface area contributed by atoms with Gasteiger partial charge in [0.15, 0.2) is 23.9 Å². The number of carbonyl (C=O) groups excluding carboxylic acids is 1. The van der Waals surface area contributed by atoms with Crippen LogP contribution in [0.25, 0.3) is 5.70 Å². The standard InChI is InChI=1S/C11H12NO/c13-11-6-4-5-10(9-11)12-7-2-1-3-8-12/h1-3,7-9H,4-6H2/q+1. The maximum absolute atomic E-state index is 11.2. The van der Waals surface area contributed by atoms with Gasteiger partial charge in [0.05, 0.1) is 0 Å². The van der Waals surface area contributed by atoms with Gasteiger partial charge >= 0.3 is 0 Å². The van der Waals surface area contributed by atoms with Gasteiger partial charge in [0.2, 0.25) is 0 Å². The molecule has 0 fully saturated rings. The number of allylic oxidation sites excluding steroid dienone is 2. The van der Waals surface area contributed by atoms with Gasteiger partial charge in [-0.1, -0.05) is 6.07 Å². The zero-order chi connectivity index (χ0) is 9.10. The SMILES string of the molecule is O=C1C=C([n+]2ccccc2)CCC1. The maximum atomic E-state index is 11.2. The second-order valence-corrected chi connectivity index (χ2v) is 3.24. The van der Waals surface area contributed by atoms with Gasteiger partial charge in [-0.3, -0.25) is 4.79 Å². The van der Waals surface area contributed by atoms with Gasteiger partial charge < -0.3 is 0 Å². The fraction of sp³-hybridized carbons (Fsp3) is 0.273. The molecule has 1 aromatic heterocycles. The molecule has 66 valence electrons. The van der Waals surface area contributed by atoms with Crippen LogP contribution in [0, 0.1) is 0 Å². The minimum Gasteiger partial charge on any atom is -0.295 e. The van der Waals surface area contributed by atoms with Gasteiger partial charge in [-0.15, -0.1) is 0 Å². The molecule has 2 heteroatoms. The highest BCUT2D eigenvalue weighted by atomic mass is 16.1. The first-order valence-corrected chi connectivity index (χ1v) is 4.56. The van der Waals surface area contributed by atoms with E-state index in [0.717, 1.165) is 18.5 Å². The molecule has 0 saturated carbocycles. The van der Waals surface area contributed by atoms with Crippen LogP contribution in [-0.2, 0) is 4.79 Å². The largest absolute Gasteiger partial charge is 0.295 e. The number of carbonyl (C=O) groups is 1. The molecule has 1 aliphatic rings. The summed E-state index contributed by atoms with van der Waals surface area (Å²) in [6.45, 7) is 0. The van der Waals surface area contributed by atoms with Crippen LogP contribution in [0.3, 0.4) is 0 Å². The van der Waals surface area contributed by atoms with E-state index in [-0.39, 0.29) is 5.78 Å². The Bertz CT molecular complexity index is 340. The zero-order valence-corrected chi connectivity index (χ0v) is 7.44. The van der Waals surface area contributed by atoms with E-state index >= 15 is 0 Å². The van der Waals surface area contributed by atoms with E-state index < -0.39 is 0 Å². The summed E-state index contributed by atoms with van der Waals surface area (Å²) in [5, 5.41) is 0. The number of hydrogen-bond donors (Lipinski definition) is 0. The third kappa shape index (κ3) is 1.83. The van der Waals surface area contributed by atoms with Crippen molar-refractivity contribution in [2.45, 2.75) is 19.3 Å². The van der Waals surface area contributed by atoms with Crippen molar-refractivity contribution in [1.82, 2.24) is 0 Å². The smallest absolute Gasteiger partial charge is 0.190 e. The van der Waals surface area contributed by atoms with E-state index in [0.29, 0.717) is 6.42 Å². The van der Waals surface area contributed by atoms with Gasteiger partial charge in [-0.25, -0.2) is 0 Å². The fourth-order valence-corrected chi connectivity index (χ4v) is 1.57. The van der Waals surface area contributed by atoms with Crippen molar-refractivity contribution < 1.29 is 9.36 Å². The number of aromatic nitrogens is 1. The lowest BCUT2D eigenvalue weighted by molar-refractivity contribution is -0.583. The average Bonchev–Trinajstić information content (AvgIpc) is 2.19. The molecule has 13 heavy (non-hydrogen) atoms. The van der Waals surface area contributed by atoms with Crippen LogP contribution >= 0.6 is 0 Å². The Morgan fingerprint density at radius 1 is 1.08 bits per heavy atom. The zero-order valence-electron chi connectivity index (χ0n) is 7.44. The van der Waals surface area contributed by atoms with Gasteiger partial charge in [-0.2, -0.15) is 4.57 Å². The molecule has 0 amide bonds. The summed E-state index contributed by atoms with van der Waals surface area (Å²) in [5.74, 6) is 0.248. The second-order valence-electron chi connectivity index (χ2n) is 3.24. The van der Waals surface area contributed by atoms with Crippen molar-refractivity contribution in [2.24, 2.45) is 0 Å². The van der Waals surface area contributed by atoms with Gasteiger partial charge in [0, 0.05) is 31.1 Å². The van der Waals surface area contributed by atoms with Crippen LogP contribution in [0.5, 0.6) is 0 Å². The molecule has 0 bridgehead atoms. The fourth-order valence-electron chi connectivity index (χ4n) is 1.57. The molecule has 0 radical (unpaired) electrons. The van der Waals surface area contributed by atoms with Crippen LogP contribution in [0.2, 0.25) is 0 Å². The van der Waals surface area contributed by atoms with E-state index in [1.54, 1.807) is 6.08 Å². The Kier molecular flexibility index (Phi) is 2.21. The Labute approximate surface area is 77.5 Å². The molecule has 0 N–H and O–H groups in total. The first-order valence-electron chi connectivity index (χ1n) is 4.56. The van der Waals surface area contributed by atoms with E-state index in [2.05, 4.69) is 0 Å². The van der Waals surface area contributed by atoms with Crippen LogP contribution in [0.1, 0.15) is 19.3 Å². The highest BCUT2D eigenvalue weighted by Crippen LogP contribution is 2.13. The molecule has 0 aromatic carbocycles.